The zero-order valence-electron chi connectivity index (χ0n) is 21.0. The summed E-state index contributed by atoms with van der Waals surface area (Å²) in [5, 5.41) is 12.6. The molecule has 0 aromatic carbocycles. The molecule has 4 nitrogen and oxygen atoms in total. The standard InChI is InChI=1S/C28H51NO3/c1-2-3-4-5-6-10-16-24-18-15-19-25(24)17-11-7-8-12-20-26(30)29-23-28(27(31)32)21-13-9-14-22-28/h24-25H,2-23H2,1H3,(H,29,30)(H,31,32)/t24-,25-/m0/s1. The molecule has 0 spiro atoms. The fourth-order valence-corrected chi connectivity index (χ4v) is 6.16. The highest BCUT2D eigenvalue weighted by Gasteiger charge is 2.39. The van der Waals surface area contributed by atoms with E-state index in [9.17, 15) is 14.7 Å². The van der Waals surface area contributed by atoms with Gasteiger partial charge in [-0.3, -0.25) is 9.59 Å². The summed E-state index contributed by atoms with van der Waals surface area (Å²) in [5.74, 6) is 1.23. The van der Waals surface area contributed by atoms with Gasteiger partial charge in [0.2, 0.25) is 5.91 Å². The molecule has 0 aromatic rings. The largest absolute Gasteiger partial charge is 0.481 e. The molecule has 2 saturated carbocycles. The van der Waals surface area contributed by atoms with Crippen molar-refractivity contribution in [1.29, 1.82) is 0 Å². The van der Waals surface area contributed by atoms with Crippen LogP contribution in [0.3, 0.4) is 0 Å². The first-order valence-electron chi connectivity index (χ1n) is 14.1. The maximum atomic E-state index is 12.2. The van der Waals surface area contributed by atoms with Crippen molar-refractivity contribution >= 4 is 11.9 Å². The molecule has 0 bridgehead atoms. The van der Waals surface area contributed by atoms with E-state index in [-0.39, 0.29) is 5.91 Å². The summed E-state index contributed by atoms with van der Waals surface area (Å²) in [4.78, 5) is 23.9. The molecule has 2 fully saturated rings. The molecular weight excluding hydrogens is 398 g/mol. The Bertz CT molecular complexity index is 527. The Morgan fingerprint density at radius 3 is 1.94 bits per heavy atom. The number of carbonyl (C=O) groups excluding carboxylic acids is 1. The van der Waals surface area contributed by atoms with Crippen molar-refractivity contribution in [3.63, 3.8) is 0 Å². The second-order valence-corrected chi connectivity index (χ2v) is 10.9. The van der Waals surface area contributed by atoms with E-state index < -0.39 is 11.4 Å². The molecule has 0 saturated heterocycles. The van der Waals surface area contributed by atoms with Crippen LogP contribution in [-0.2, 0) is 9.59 Å². The summed E-state index contributed by atoms with van der Waals surface area (Å²) >= 11 is 0. The number of hydrogen-bond donors (Lipinski definition) is 2. The van der Waals surface area contributed by atoms with E-state index >= 15 is 0 Å². The fraction of sp³-hybridized carbons (Fsp3) is 0.929. The monoisotopic (exact) mass is 449 g/mol. The molecule has 0 radical (unpaired) electrons. The van der Waals surface area contributed by atoms with Crippen molar-refractivity contribution in [3.05, 3.63) is 0 Å². The second kappa shape index (κ2) is 15.7. The van der Waals surface area contributed by atoms with Crippen molar-refractivity contribution in [1.82, 2.24) is 5.32 Å². The van der Waals surface area contributed by atoms with Crippen LogP contribution < -0.4 is 5.32 Å². The lowest BCUT2D eigenvalue weighted by Gasteiger charge is -2.33. The molecule has 32 heavy (non-hydrogen) atoms. The highest BCUT2D eigenvalue weighted by atomic mass is 16.4. The van der Waals surface area contributed by atoms with Gasteiger partial charge in [0, 0.05) is 13.0 Å². The van der Waals surface area contributed by atoms with Crippen LogP contribution in [0.15, 0.2) is 0 Å². The van der Waals surface area contributed by atoms with E-state index in [1.54, 1.807) is 0 Å². The summed E-state index contributed by atoms with van der Waals surface area (Å²) in [6.07, 6.45) is 25.2. The lowest BCUT2D eigenvalue weighted by atomic mass is 9.74. The van der Waals surface area contributed by atoms with Crippen molar-refractivity contribution in [2.45, 2.75) is 142 Å². The minimum atomic E-state index is -0.737. The molecule has 4 heteroatoms. The third-order valence-corrected chi connectivity index (χ3v) is 8.36. The number of carboxylic acid groups (broad SMARTS) is 1. The van der Waals surface area contributed by atoms with Gasteiger partial charge in [-0.1, -0.05) is 116 Å². The van der Waals surface area contributed by atoms with Gasteiger partial charge >= 0.3 is 5.97 Å². The summed E-state index contributed by atoms with van der Waals surface area (Å²) in [7, 11) is 0. The van der Waals surface area contributed by atoms with E-state index in [0.717, 1.165) is 43.9 Å². The van der Waals surface area contributed by atoms with E-state index in [0.29, 0.717) is 25.8 Å². The summed E-state index contributed by atoms with van der Waals surface area (Å²) in [6, 6.07) is 0. The summed E-state index contributed by atoms with van der Waals surface area (Å²) in [6.45, 7) is 2.59. The number of carboxylic acids is 1. The van der Waals surface area contributed by atoms with E-state index in [4.69, 9.17) is 0 Å². The molecule has 2 aliphatic carbocycles. The number of rotatable bonds is 17. The fourth-order valence-electron chi connectivity index (χ4n) is 6.16. The van der Waals surface area contributed by atoms with Gasteiger partial charge in [0.05, 0.1) is 5.41 Å². The van der Waals surface area contributed by atoms with Crippen LogP contribution >= 0.6 is 0 Å². The van der Waals surface area contributed by atoms with Crippen molar-refractivity contribution in [2.24, 2.45) is 17.3 Å². The third-order valence-electron chi connectivity index (χ3n) is 8.36. The average molecular weight is 450 g/mol. The Balaban J connectivity index is 1.49. The molecule has 0 aromatic heterocycles. The highest BCUT2D eigenvalue weighted by Crippen LogP contribution is 2.39. The van der Waals surface area contributed by atoms with Crippen LogP contribution in [0.2, 0.25) is 0 Å². The average Bonchev–Trinajstić information content (AvgIpc) is 3.24. The van der Waals surface area contributed by atoms with Gasteiger partial charge in [-0.05, 0) is 31.1 Å². The summed E-state index contributed by atoms with van der Waals surface area (Å²) in [5.41, 5.74) is -0.721. The quantitative estimate of drug-likeness (QED) is 0.224. The lowest BCUT2D eigenvalue weighted by molar-refractivity contribution is -0.151. The normalized spacial score (nSPS) is 22.7. The number of carbonyl (C=O) groups is 2. The van der Waals surface area contributed by atoms with Gasteiger partial charge in [0.1, 0.15) is 0 Å². The number of amides is 1. The Kier molecular flexibility index (Phi) is 13.4. The minimum absolute atomic E-state index is 0.0333. The molecular formula is C28H51NO3. The number of unbranched alkanes of at least 4 members (excludes halogenated alkanes) is 8. The van der Waals surface area contributed by atoms with Crippen LogP contribution in [0.5, 0.6) is 0 Å². The van der Waals surface area contributed by atoms with Crippen molar-refractivity contribution < 1.29 is 14.7 Å². The maximum Gasteiger partial charge on any atom is 0.311 e. The molecule has 0 aliphatic heterocycles. The van der Waals surface area contributed by atoms with Gasteiger partial charge in [-0.15, -0.1) is 0 Å². The zero-order chi connectivity index (χ0) is 23.1. The van der Waals surface area contributed by atoms with Crippen molar-refractivity contribution in [2.75, 3.05) is 6.54 Å². The smallest absolute Gasteiger partial charge is 0.311 e. The predicted molar refractivity (Wildman–Crippen MR) is 133 cm³/mol. The maximum absolute atomic E-state index is 12.2. The third kappa shape index (κ3) is 9.83. The Morgan fingerprint density at radius 2 is 1.34 bits per heavy atom. The van der Waals surface area contributed by atoms with Gasteiger partial charge in [0.25, 0.3) is 0 Å². The van der Waals surface area contributed by atoms with Gasteiger partial charge in [-0.2, -0.15) is 0 Å². The van der Waals surface area contributed by atoms with E-state index in [1.807, 2.05) is 0 Å². The van der Waals surface area contributed by atoms with Gasteiger partial charge in [-0.25, -0.2) is 0 Å². The molecule has 186 valence electrons. The van der Waals surface area contributed by atoms with E-state index in [2.05, 4.69) is 12.2 Å². The van der Waals surface area contributed by atoms with Crippen molar-refractivity contribution in [3.8, 4) is 0 Å². The minimum Gasteiger partial charge on any atom is -0.481 e. The number of hydrogen-bond acceptors (Lipinski definition) is 2. The van der Waals surface area contributed by atoms with Crippen LogP contribution in [0.1, 0.15) is 142 Å². The van der Waals surface area contributed by atoms with Crippen LogP contribution in [0.25, 0.3) is 0 Å². The van der Waals surface area contributed by atoms with Gasteiger partial charge in [0.15, 0.2) is 0 Å². The molecule has 0 unspecified atom stereocenters. The SMILES string of the molecule is CCCCCCCC[C@H]1CCC[C@@H]1CCCCCCC(=O)NCC1(C(=O)O)CCCCC1. The number of nitrogens with one attached hydrogen (secondary N) is 1. The molecule has 2 atom stereocenters. The molecule has 2 N–H and O–H groups in total. The Morgan fingerprint density at radius 1 is 0.781 bits per heavy atom. The van der Waals surface area contributed by atoms with E-state index in [1.165, 1.54) is 83.5 Å². The lowest BCUT2D eigenvalue weighted by Crippen LogP contribution is -2.44. The Hall–Kier alpha value is -1.06. The number of aliphatic carboxylic acids is 1. The molecule has 1 amide bonds. The second-order valence-electron chi connectivity index (χ2n) is 10.9. The first-order chi connectivity index (χ1) is 15.6. The topological polar surface area (TPSA) is 66.4 Å². The summed E-state index contributed by atoms with van der Waals surface area (Å²) < 4.78 is 0. The molecule has 2 rings (SSSR count). The van der Waals surface area contributed by atoms with Gasteiger partial charge < -0.3 is 10.4 Å². The van der Waals surface area contributed by atoms with Crippen LogP contribution in [-0.4, -0.2) is 23.5 Å². The van der Waals surface area contributed by atoms with Crippen LogP contribution in [0.4, 0.5) is 0 Å². The molecule has 2 aliphatic rings. The first-order valence-corrected chi connectivity index (χ1v) is 14.1. The van der Waals surface area contributed by atoms with Crippen LogP contribution in [0, 0.1) is 17.3 Å². The predicted octanol–water partition coefficient (Wildman–Crippen LogP) is 7.65. The first kappa shape index (κ1) is 27.2. The zero-order valence-corrected chi connectivity index (χ0v) is 21.0. The Labute approximate surface area is 197 Å². The molecule has 0 heterocycles. The highest BCUT2D eigenvalue weighted by molar-refractivity contribution is 5.79.